The molecule has 0 fully saturated rings. The third-order valence-electron chi connectivity index (χ3n) is 5.28. The number of carbonyl (C=O) groups is 2. The van der Waals surface area contributed by atoms with Gasteiger partial charge in [0.1, 0.15) is 0 Å². The third-order valence-corrected chi connectivity index (χ3v) is 5.28. The topological polar surface area (TPSA) is 63.6 Å². The number of rotatable bonds is 18. The van der Waals surface area contributed by atoms with Crippen molar-refractivity contribution in [3.05, 3.63) is 12.7 Å². The van der Waals surface area contributed by atoms with Crippen molar-refractivity contribution < 1.29 is 19.4 Å². The summed E-state index contributed by atoms with van der Waals surface area (Å²) >= 11 is 0. The molecule has 0 heterocycles. The first-order valence-electron chi connectivity index (χ1n) is 10.9. The van der Waals surface area contributed by atoms with E-state index in [2.05, 4.69) is 20.4 Å². The van der Waals surface area contributed by atoms with Crippen LogP contribution in [0.2, 0.25) is 0 Å². The van der Waals surface area contributed by atoms with Gasteiger partial charge in [-0.25, -0.2) is 0 Å². The highest BCUT2D eigenvalue weighted by molar-refractivity contribution is 5.71. The molecule has 0 spiro atoms. The van der Waals surface area contributed by atoms with E-state index in [0.717, 1.165) is 64.2 Å². The fourth-order valence-electron chi connectivity index (χ4n) is 3.25. The van der Waals surface area contributed by atoms with Crippen molar-refractivity contribution in [3.8, 4) is 0 Å². The number of carbonyl (C=O) groups excluding carboxylic acids is 1. The lowest BCUT2D eigenvalue weighted by Gasteiger charge is -2.15. The highest BCUT2D eigenvalue weighted by atomic mass is 16.5. The van der Waals surface area contributed by atoms with Crippen molar-refractivity contribution in [2.75, 3.05) is 6.61 Å². The van der Waals surface area contributed by atoms with E-state index < -0.39 is 5.97 Å². The summed E-state index contributed by atoms with van der Waals surface area (Å²) in [5, 5.41) is 8.71. The van der Waals surface area contributed by atoms with Crippen LogP contribution in [0.25, 0.3) is 0 Å². The summed E-state index contributed by atoms with van der Waals surface area (Å²) in [5.41, 5.74) is 0. The Hall–Kier alpha value is -1.32. The minimum Gasteiger partial charge on any atom is -0.481 e. The fraction of sp³-hybridized carbons (Fsp3) is 0.826. The third kappa shape index (κ3) is 16.6. The Morgan fingerprint density at radius 1 is 0.889 bits per heavy atom. The van der Waals surface area contributed by atoms with E-state index in [0.29, 0.717) is 18.4 Å². The van der Waals surface area contributed by atoms with E-state index in [4.69, 9.17) is 9.84 Å². The number of allylic oxidation sites excluding steroid dienone is 1. The first-order valence-corrected chi connectivity index (χ1v) is 10.9. The highest BCUT2D eigenvalue weighted by Gasteiger charge is 2.15. The Balaban J connectivity index is 3.65. The summed E-state index contributed by atoms with van der Waals surface area (Å²) in [5.74, 6) is 0.375. The summed E-state index contributed by atoms with van der Waals surface area (Å²) in [6, 6.07) is 0. The molecule has 0 radical (unpaired) electrons. The molecule has 3 unspecified atom stereocenters. The zero-order chi connectivity index (χ0) is 20.5. The fourth-order valence-corrected chi connectivity index (χ4v) is 3.25. The van der Waals surface area contributed by atoms with Crippen LogP contribution in [0.15, 0.2) is 12.7 Å². The summed E-state index contributed by atoms with van der Waals surface area (Å²) in [4.78, 5) is 22.6. The molecule has 0 aromatic heterocycles. The molecule has 4 nitrogen and oxygen atoms in total. The van der Waals surface area contributed by atoms with Gasteiger partial charge in [-0.15, -0.1) is 6.58 Å². The van der Waals surface area contributed by atoms with Crippen molar-refractivity contribution in [2.45, 2.75) is 97.8 Å². The lowest BCUT2D eigenvalue weighted by molar-refractivity contribution is -0.148. The molecule has 0 bridgehead atoms. The number of ether oxygens (including phenoxy) is 1. The second-order valence-electron chi connectivity index (χ2n) is 8.21. The first kappa shape index (κ1) is 25.7. The van der Waals surface area contributed by atoms with Crippen molar-refractivity contribution in [3.63, 3.8) is 0 Å². The second-order valence-corrected chi connectivity index (χ2v) is 8.21. The number of carboxylic acids is 1. The van der Waals surface area contributed by atoms with Gasteiger partial charge in [0, 0.05) is 6.42 Å². The number of esters is 1. The number of hydrogen-bond donors (Lipinski definition) is 1. The molecule has 0 amide bonds. The van der Waals surface area contributed by atoms with Crippen molar-refractivity contribution in [1.29, 1.82) is 0 Å². The summed E-state index contributed by atoms with van der Waals surface area (Å²) in [6.45, 7) is 10.6. The largest absolute Gasteiger partial charge is 0.481 e. The van der Waals surface area contributed by atoms with Gasteiger partial charge in [0.2, 0.25) is 0 Å². The monoisotopic (exact) mass is 382 g/mol. The molecule has 0 saturated carbocycles. The molecule has 0 aliphatic carbocycles. The first-order chi connectivity index (χ1) is 12.9. The van der Waals surface area contributed by atoms with E-state index in [9.17, 15) is 9.59 Å². The zero-order valence-electron chi connectivity index (χ0n) is 17.9. The molecule has 27 heavy (non-hydrogen) atoms. The quantitative estimate of drug-likeness (QED) is 0.169. The molecule has 0 aromatic rings. The van der Waals surface area contributed by atoms with Crippen LogP contribution in [-0.2, 0) is 14.3 Å². The molecule has 0 saturated heterocycles. The Bertz CT molecular complexity index is 405. The lowest BCUT2D eigenvalue weighted by atomic mass is 9.92. The van der Waals surface area contributed by atoms with Crippen LogP contribution in [-0.4, -0.2) is 23.7 Å². The van der Waals surface area contributed by atoms with Gasteiger partial charge >= 0.3 is 11.9 Å². The summed E-state index contributed by atoms with van der Waals surface area (Å²) in [6.07, 6.45) is 13.7. The molecule has 0 aromatic carbocycles. The van der Waals surface area contributed by atoms with Crippen LogP contribution in [0, 0.1) is 17.8 Å². The van der Waals surface area contributed by atoms with Gasteiger partial charge in [-0.1, -0.05) is 59.0 Å². The van der Waals surface area contributed by atoms with Gasteiger partial charge in [0.25, 0.3) is 0 Å². The van der Waals surface area contributed by atoms with E-state index in [-0.39, 0.29) is 18.3 Å². The molecule has 3 atom stereocenters. The Labute approximate surface area is 166 Å². The van der Waals surface area contributed by atoms with Gasteiger partial charge < -0.3 is 9.84 Å². The zero-order valence-corrected chi connectivity index (χ0v) is 17.9. The predicted octanol–water partition coefficient (Wildman–Crippen LogP) is 6.39. The SMILES string of the molecule is C=CCCCCCOC(=O)C(C)CCCC(C)CCCC(C)CCC(=O)O. The number of aliphatic carboxylic acids is 1. The number of hydrogen-bond acceptors (Lipinski definition) is 3. The predicted molar refractivity (Wildman–Crippen MR) is 112 cm³/mol. The molecule has 4 heteroatoms. The molecule has 0 aliphatic rings. The summed E-state index contributed by atoms with van der Waals surface area (Å²) in [7, 11) is 0. The van der Waals surface area contributed by atoms with Gasteiger partial charge in [-0.2, -0.15) is 0 Å². The van der Waals surface area contributed by atoms with Crippen LogP contribution < -0.4 is 0 Å². The smallest absolute Gasteiger partial charge is 0.308 e. The average molecular weight is 383 g/mol. The van der Waals surface area contributed by atoms with Crippen molar-refractivity contribution >= 4 is 11.9 Å². The van der Waals surface area contributed by atoms with Crippen molar-refractivity contribution in [1.82, 2.24) is 0 Å². The van der Waals surface area contributed by atoms with Crippen LogP contribution in [0.3, 0.4) is 0 Å². The molecular formula is C23H42O4. The van der Waals surface area contributed by atoms with E-state index in [1.807, 2.05) is 13.0 Å². The van der Waals surface area contributed by atoms with Gasteiger partial charge in [0.15, 0.2) is 0 Å². The normalized spacial score (nSPS) is 14.3. The molecule has 158 valence electrons. The van der Waals surface area contributed by atoms with E-state index in [1.54, 1.807) is 0 Å². The number of carboxylic acid groups (broad SMARTS) is 1. The number of unbranched alkanes of at least 4 members (excludes halogenated alkanes) is 3. The Morgan fingerprint density at radius 3 is 2.07 bits per heavy atom. The highest BCUT2D eigenvalue weighted by Crippen LogP contribution is 2.21. The van der Waals surface area contributed by atoms with Gasteiger partial charge in [-0.3, -0.25) is 9.59 Å². The van der Waals surface area contributed by atoms with Crippen LogP contribution >= 0.6 is 0 Å². The molecule has 0 aliphatic heterocycles. The maximum Gasteiger partial charge on any atom is 0.308 e. The Kier molecular flexibility index (Phi) is 16.0. The van der Waals surface area contributed by atoms with Crippen molar-refractivity contribution in [2.24, 2.45) is 17.8 Å². The van der Waals surface area contributed by atoms with E-state index >= 15 is 0 Å². The maximum absolute atomic E-state index is 12.0. The standard InChI is InChI=1S/C23H42O4/c1-5-6-7-8-9-18-27-23(26)21(4)15-11-14-19(2)12-10-13-20(3)16-17-22(24)25/h5,19-21H,1,6-18H2,2-4H3,(H,24,25). The Morgan fingerprint density at radius 2 is 1.48 bits per heavy atom. The maximum atomic E-state index is 12.0. The molecule has 0 rings (SSSR count). The van der Waals surface area contributed by atoms with Gasteiger partial charge in [-0.05, 0) is 50.4 Å². The molecule has 1 N–H and O–H groups in total. The molecular weight excluding hydrogens is 340 g/mol. The minimum absolute atomic E-state index is 0.0126. The second kappa shape index (κ2) is 16.8. The lowest BCUT2D eigenvalue weighted by Crippen LogP contribution is -2.15. The van der Waals surface area contributed by atoms with E-state index in [1.165, 1.54) is 6.42 Å². The summed E-state index contributed by atoms with van der Waals surface area (Å²) < 4.78 is 5.37. The minimum atomic E-state index is -0.699. The van der Waals surface area contributed by atoms with Crippen LogP contribution in [0.4, 0.5) is 0 Å². The van der Waals surface area contributed by atoms with Crippen LogP contribution in [0.5, 0.6) is 0 Å². The average Bonchev–Trinajstić information content (AvgIpc) is 2.62. The van der Waals surface area contributed by atoms with Crippen LogP contribution in [0.1, 0.15) is 97.8 Å². The van der Waals surface area contributed by atoms with Gasteiger partial charge in [0.05, 0.1) is 12.5 Å².